The molecule has 1 aliphatic rings. The summed E-state index contributed by atoms with van der Waals surface area (Å²) in [5.41, 5.74) is 6.81. The van der Waals surface area contributed by atoms with Gasteiger partial charge in [-0.25, -0.2) is 4.98 Å². The molecule has 0 aliphatic carbocycles. The van der Waals surface area contributed by atoms with E-state index in [0.29, 0.717) is 11.1 Å². The molecular formula is C15H22N2O2S2. The Morgan fingerprint density at radius 3 is 2.90 bits per heavy atom. The third-order valence-electron chi connectivity index (χ3n) is 3.98. The van der Waals surface area contributed by atoms with Crippen molar-refractivity contribution in [2.24, 2.45) is 0 Å². The van der Waals surface area contributed by atoms with E-state index in [0.717, 1.165) is 37.9 Å². The van der Waals surface area contributed by atoms with Gasteiger partial charge in [-0.1, -0.05) is 12.5 Å². The van der Waals surface area contributed by atoms with E-state index in [1.807, 2.05) is 30.1 Å². The topological polar surface area (TPSA) is 76.2 Å². The third kappa shape index (κ3) is 4.54. The molecule has 2 heterocycles. The van der Waals surface area contributed by atoms with Gasteiger partial charge < -0.3 is 10.8 Å². The summed E-state index contributed by atoms with van der Waals surface area (Å²) < 4.78 is 0.0966. The number of nitrogen functional groups attached to an aromatic ring is 1. The molecular weight excluding hydrogens is 304 g/mol. The number of rotatable bonds is 7. The van der Waals surface area contributed by atoms with E-state index < -0.39 is 5.97 Å². The normalized spacial score (nSPS) is 25.1. The van der Waals surface area contributed by atoms with Gasteiger partial charge in [-0.2, -0.15) is 24.4 Å². The maximum absolute atomic E-state index is 10.6. The molecule has 0 amide bonds. The molecule has 1 aromatic heterocycles. The summed E-state index contributed by atoms with van der Waals surface area (Å²) in [6.07, 6.45) is 6.79. The summed E-state index contributed by atoms with van der Waals surface area (Å²) in [6, 6.07) is 3.86. The van der Waals surface area contributed by atoms with Crippen molar-refractivity contribution in [1.29, 1.82) is 0 Å². The van der Waals surface area contributed by atoms with Crippen molar-refractivity contribution in [3.63, 3.8) is 0 Å². The molecule has 3 N–H and O–H groups in total. The number of aliphatic carboxylic acids is 1. The highest BCUT2D eigenvalue weighted by Crippen LogP contribution is 2.47. The largest absolute Gasteiger partial charge is 0.481 e. The third-order valence-corrected chi connectivity index (χ3v) is 6.55. The molecule has 1 fully saturated rings. The molecule has 2 unspecified atom stereocenters. The molecule has 1 aliphatic heterocycles. The van der Waals surface area contributed by atoms with Crippen molar-refractivity contribution in [3.05, 3.63) is 23.9 Å². The number of nitrogens with two attached hydrogens (primary N) is 1. The molecule has 116 valence electrons. The molecule has 1 saturated heterocycles. The summed E-state index contributed by atoms with van der Waals surface area (Å²) >= 11 is 6.76. The van der Waals surface area contributed by atoms with Crippen LogP contribution in [0.3, 0.4) is 0 Å². The van der Waals surface area contributed by atoms with Crippen LogP contribution in [0.5, 0.6) is 0 Å². The van der Waals surface area contributed by atoms with Gasteiger partial charge in [0.15, 0.2) is 0 Å². The zero-order valence-corrected chi connectivity index (χ0v) is 13.7. The monoisotopic (exact) mass is 326 g/mol. The van der Waals surface area contributed by atoms with Crippen LogP contribution in [0.25, 0.3) is 0 Å². The van der Waals surface area contributed by atoms with Crippen LogP contribution in [-0.2, 0) is 11.2 Å². The smallest absolute Gasteiger partial charge is 0.303 e. The number of nitrogens with zero attached hydrogens (tertiary/aromatic N) is 1. The fourth-order valence-corrected chi connectivity index (χ4v) is 5.19. The number of aromatic nitrogens is 1. The second kappa shape index (κ2) is 7.40. The van der Waals surface area contributed by atoms with Gasteiger partial charge in [0.2, 0.25) is 0 Å². The van der Waals surface area contributed by atoms with Crippen molar-refractivity contribution in [3.8, 4) is 0 Å². The number of thiol groups is 1. The van der Waals surface area contributed by atoms with E-state index in [1.165, 1.54) is 5.56 Å². The van der Waals surface area contributed by atoms with Crippen molar-refractivity contribution in [2.45, 2.75) is 48.5 Å². The van der Waals surface area contributed by atoms with Crippen LogP contribution in [0.15, 0.2) is 18.3 Å². The Kier molecular flexibility index (Phi) is 5.81. The van der Waals surface area contributed by atoms with Crippen LogP contribution in [0, 0.1) is 0 Å². The number of hydrogen-bond donors (Lipinski definition) is 3. The molecule has 0 radical (unpaired) electrons. The molecule has 6 heteroatoms. The number of pyridine rings is 1. The molecule has 2 rings (SSSR count). The van der Waals surface area contributed by atoms with E-state index in [2.05, 4.69) is 4.98 Å². The van der Waals surface area contributed by atoms with E-state index >= 15 is 0 Å². The zero-order valence-electron chi connectivity index (χ0n) is 12.0. The van der Waals surface area contributed by atoms with E-state index in [4.69, 9.17) is 23.5 Å². The lowest BCUT2D eigenvalue weighted by atomic mass is 9.89. The standard InChI is InChI=1S/C15H22N2O2S2/c16-13-5-4-11(10-17-13)9-15(12(20)6-8-21-15)7-2-1-3-14(18)19/h4-5,10,12,20H,1-3,6-9H2,(H2,16,17)(H,18,19). The number of hydrogen-bond acceptors (Lipinski definition) is 5. The summed E-state index contributed by atoms with van der Waals surface area (Å²) in [5.74, 6) is 0.944. The average Bonchev–Trinajstić information content (AvgIpc) is 2.79. The first-order chi connectivity index (χ1) is 10.0. The Balaban J connectivity index is 1.99. The van der Waals surface area contributed by atoms with E-state index in [1.54, 1.807) is 0 Å². The summed E-state index contributed by atoms with van der Waals surface area (Å²) in [4.78, 5) is 14.8. The molecule has 1 aromatic rings. The lowest BCUT2D eigenvalue weighted by Crippen LogP contribution is -2.34. The zero-order chi connectivity index (χ0) is 15.3. The number of anilines is 1. The molecule has 2 atom stereocenters. The number of thioether (sulfide) groups is 1. The predicted molar refractivity (Wildman–Crippen MR) is 91.0 cm³/mol. The highest BCUT2D eigenvalue weighted by molar-refractivity contribution is 8.02. The van der Waals surface area contributed by atoms with Gasteiger partial charge in [-0.15, -0.1) is 0 Å². The van der Waals surface area contributed by atoms with Gasteiger partial charge >= 0.3 is 5.97 Å². The van der Waals surface area contributed by atoms with Crippen LogP contribution in [0.4, 0.5) is 5.82 Å². The van der Waals surface area contributed by atoms with Crippen molar-refractivity contribution in [1.82, 2.24) is 4.98 Å². The maximum atomic E-state index is 10.6. The number of carboxylic acids is 1. The molecule has 4 nitrogen and oxygen atoms in total. The molecule has 21 heavy (non-hydrogen) atoms. The van der Waals surface area contributed by atoms with Gasteiger partial charge in [-0.3, -0.25) is 4.79 Å². The predicted octanol–water partition coefficient (Wildman–Crippen LogP) is 3.03. The Morgan fingerprint density at radius 1 is 1.52 bits per heavy atom. The number of unbranched alkanes of at least 4 members (excludes halogenated alkanes) is 1. The summed E-state index contributed by atoms with van der Waals surface area (Å²) in [7, 11) is 0. The van der Waals surface area contributed by atoms with Gasteiger partial charge in [0.05, 0.1) is 0 Å². The fourth-order valence-electron chi connectivity index (χ4n) is 2.82. The van der Waals surface area contributed by atoms with E-state index in [9.17, 15) is 4.79 Å². The van der Waals surface area contributed by atoms with Crippen molar-refractivity contribution in [2.75, 3.05) is 11.5 Å². The number of carboxylic acid groups (broad SMARTS) is 1. The Morgan fingerprint density at radius 2 is 2.33 bits per heavy atom. The van der Waals surface area contributed by atoms with Crippen molar-refractivity contribution >= 4 is 36.2 Å². The van der Waals surface area contributed by atoms with Gasteiger partial charge in [0, 0.05) is 22.6 Å². The second-order valence-corrected chi connectivity index (χ2v) is 7.72. The van der Waals surface area contributed by atoms with Crippen LogP contribution in [-0.4, -0.2) is 31.8 Å². The van der Waals surface area contributed by atoms with Crippen LogP contribution < -0.4 is 5.73 Å². The average molecular weight is 326 g/mol. The minimum Gasteiger partial charge on any atom is -0.481 e. The highest BCUT2D eigenvalue weighted by atomic mass is 32.2. The summed E-state index contributed by atoms with van der Waals surface area (Å²) in [5, 5.41) is 9.09. The Bertz CT molecular complexity index is 481. The first kappa shape index (κ1) is 16.5. The molecule has 0 saturated carbocycles. The van der Waals surface area contributed by atoms with E-state index in [-0.39, 0.29) is 11.2 Å². The maximum Gasteiger partial charge on any atom is 0.303 e. The molecule has 0 spiro atoms. The first-order valence-corrected chi connectivity index (χ1v) is 8.76. The first-order valence-electron chi connectivity index (χ1n) is 7.26. The highest BCUT2D eigenvalue weighted by Gasteiger charge is 2.41. The van der Waals surface area contributed by atoms with Crippen LogP contribution in [0.2, 0.25) is 0 Å². The quantitative estimate of drug-likeness (QED) is 0.530. The number of carbonyl (C=O) groups is 1. The van der Waals surface area contributed by atoms with Gasteiger partial charge in [0.25, 0.3) is 0 Å². The Labute approximate surface area is 135 Å². The van der Waals surface area contributed by atoms with Gasteiger partial charge in [0.1, 0.15) is 5.82 Å². The lowest BCUT2D eigenvalue weighted by Gasteiger charge is -2.32. The summed E-state index contributed by atoms with van der Waals surface area (Å²) in [6.45, 7) is 0. The van der Waals surface area contributed by atoms with Crippen molar-refractivity contribution < 1.29 is 9.90 Å². The minimum absolute atomic E-state index is 0.0966. The molecule has 0 bridgehead atoms. The second-order valence-electron chi connectivity index (χ2n) is 5.59. The van der Waals surface area contributed by atoms with Crippen LogP contribution in [0.1, 0.15) is 37.7 Å². The fraction of sp³-hybridized carbons (Fsp3) is 0.600. The minimum atomic E-state index is -0.715. The van der Waals surface area contributed by atoms with Gasteiger partial charge in [-0.05, 0) is 43.1 Å². The lowest BCUT2D eigenvalue weighted by molar-refractivity contribution is -0.137. The molecule has 0 aromatic carbocycles. The SMILES string of the molecule is Nc1ccc(CC2(CCCCC(=O)O)SCCC2S)cn1. The van der Waals surface area contributed by atoms with Crippen LogP contribution >= 0.6 is 24.4 Å². The Hall–Kier alpha value is -0.880.